The van der Waals surface area contributed by atoms with Crippen molar-refractivity contribution in [3.05, 3.63) is 35.4 Å². The van der Waals surface area contributed by atoms with Crippen LogP contribution in [-0.4, -0.2) is 11.3 Å². The molecule has 1 saturated carbocycles. The second kappa shape index (κ2) is 8.57. The molecule has 0 saturated heterocycles. The molecule has 0 aromatic heterocycles. The van der Waals surface area contributed by atoms with Gasteiger partial charge in [0.15, 0.2) is 0 Å². The van der Waals surface area contributed by atoms with Crippen molar-refractivity contribution in [2.45, 2.75) is 76.2 Å². The molecule has 1 aromatic rings. The number of ether oxygens (including phenoxy) is 1. The van der Waals surface area contributed by atoms with Gasteiger partial charge in [0.05, 0.1) is 0 Å². The Morgan fingerprint density at radius 2 is 2.00 bits per heavy atom. The number of benzene rings is 1. The summed E-state index contributed by atoms with van der Waals surface area (Å²) in [4.78, 5) is 11.3. The van der Waals surface area contributed by atoms with Gasteiger partial charge in [0.2, 0.25) is 0 Å². The van der Waals surface area contributed by atoms with E-state index in [1.807, 2.05) is 0 Å². The van der Waals surface area contributed by atoms with Gasteiger partial charge in [-0.2, -0.15) is 0 Å². The van der Waals surface area contributed by atoms with E-state index < -0.39 is 0 Å². The molecule has 1 aliphatic rings. The van der Waals surface area contributed by atoms with Gasteiger partial charge in [0.1, 0.15) is 6.10 Å². The molecular formula is C19H27ClO2. The lowest BCUT2D eigenvalue weighted by Crippen LogP contribution is -2.10. The summed E-state index contributed by atoms with van der Waals surface area (Å²) in [5.41, 5.74) is 2.41. The molecule has 1 aliphatic carbocycles. The van der Waals surface area contributed by atoms with Crippen LogP contribution in [0, 0.1) is 0 Å². The predicted octanol–water partition coefficient (Wildman–Crippen LogP) is 5.75. The van der Waals surface area contributed by atoms with Crippen LogP contribution in [0.15, 0.2) is 24.3 Å². The zero-order valence-corrected chi connectivity index (χ0v) is 14.4. The minimum absolute atomic E-state index is 0.117. The van der Waals surface area contributed by atoms with Gasteiger partial charge in [-0.15, -0.1) is 11.6 Å². The van der Waals surface area contributed by atoms with E-state index in [9.17, 15) is 4.79 Å². The highest BCUT2D eigenvalue weighted by molar-refractivity contribution is 6.21. The summed E-state index contributed by atoms with van der Waals surface area (Å²) in [6.07, 6.45) is 7.72. The zero-order valence-electron chi connectivity index (χ0n) is 13.7. The van der Waals surface area contributed by atoms with Crippen LogP contribution in [0.4, 0.5) is 0 Å². The number of halogens is 1. The molecule has 0 radical (unpaired) electrons. The van der Waals surface area contributed by atoms with Gasteiger partial charge < -0.3 is 4.74 Å². The molecular weight excluding hydrogens is 296 g/mol. The monoisotopic (exact) mass is 322 g/mol. The summed E-state index contributed by atoms with van der Waals surface area (Å²) in [6.45, 7) is 3.66. The maximum absolute atomic E-state index is 11.3. The van der Waals surface area contributed by atoms with Gasteiger partial charge >= 0.3 is 5.97 Å². The van der Waals surface area contributed by atoms with Crippen molar-refractivity contribution in [3.8, 4) is 0 Å². The minimum Gasteiger partial charge on any atom is -0.458 e. The molecule has 3 atom stereocenters. The first-order valence-corrected chi connectivity index (χ1v) is 8.96. The zero-order chi connectivity index (χ0) is 15.9. The molecule has 2 nitrogen and oxygen atoms in total. The fraction of sp³-hybridized carbons (Fsp3) is 0.632. The molecule has 0 heterocycles. The number of carbonyl (C=O) groups excluding carboxylic acids is 1. The first-order chi connectivity index (χ1) is 10.6. The Bertz CT molecular complexity index is 469. The summed E-state index contributed by atoms with van der Waals surface area (Å²) < 4.78 is 5.50. The third kappa shape index (κ3) is 4.74. The highest BCUT2D eigenvalue weighted by Crippen LogP contribution is 2.38. The Balaban J connectivity index is 2.05. The molecule has 0 bridgehead atoms. The van der Waals surface area contributed by atoms with E-state index >= 15 is 0 Å². The van der Waals surface area contributed by atoms with E-state index in [4.69, 9.17) is 16.3 Å². The Kier molecular flexibility index (Phi) is 6.75. The smallest absolute Gasteiger partial charge is 0.303 e. The van der Waals surface area contributed by atoms with Crippen molar-refractivity contribution >= 4 is 17.6 Å². The highest BCUT2D eigenvalue weighted by atomic mass is 35.5. The minimum atomic E-state index is -0.206. The maximum Gasteiger partial charge on any atom is 0.303 e. The molecule has 0 amide bonds. The van der Waals surface area contributed by atoms with Crippen LogP contribution in [0.25, 0.3) is 0 Å². The van der Waals surface area contributed by atoms with Crippen LogP contribution in [-0.2, 0) is 9.53 Å². The van der Waals surface area contributed by atoms with Gasteiger partial charge in [-0.05, 0) is 36.8 Å². The topological polar surface area (TPSA) is 26.3 Å². The molecule has 0 spiro atoms. The van der Waals surface area contributed by atoms with Crippen LogP contribution in [0.2, 0.25) is 0 Å². The number of rotatable bonds is 7. The average molecular weight is 323 g/mol. The normalized spacial score (nSPS) is 22.5. The van der Waals surface area contributed by atoms with Gasteiger partial charge in [-0.1, -0.05) is 50.5 Å². The quantitative estimate of drug-likeness (QED) is 0.363. The number of esters is 1. The summed E-state index contributed by atoms with van der Waals surface area (Å²) in [6, 6.07) is 8.54. The van der Waals surface area contributed by atoms with Crippen LogP contribution >= 0.6 is 11.6 Å². The van der Waals surface area contributed by atoms with Crippen molar-refractivity contribution < 1.29 is 9.53 Å². The number of hydrogen-bond donors (Lipinski definition) is 0. The Hall–Kier alpha value is -1.02. The Morgan fingerprint density at radius 1 is 1.27 bits per heavy atom. The van der Waals surface area contributed by atoms with Gasteiger partial charge in [0.25, 0.3) is 0 Å². The Morgan fingerprint density at radius 3 is 2.55 bits per heavy atom. The van der Waals surface area contributed by atoms with Gasteiger partial charge in [-0.3, -0.25) is 4.79 Å². The number of hydrogen-bond acceptors (Lipinski definition) is 2. The molecule has 1 aromatic carbocycles. The molecule has 2 rings (SSSR count). The largest absolute Gasteiger partial charge is 0.458 e. The average Bonchev–Trinajstić information content (AvgIpc) is 2.92. The first-order valence-electron chi connectivity index (χ1n) is 8.53. The van der Waals surface area contributed by atoms with E-state index in [2.05, 4.69) is 31.2 Å². The third-order valence-electron chi connectivity index (χ3n) is 4.55. The van der Waals surface area contributed by atoms with Crippen LogP contribution in [0.1, 0.15) is 81.9 Å². The van der Waals surface area contributed by atoms with Crippen LogP contribution < -0.4 is 0 Å². The first kappa shape index (κ1) is 17.3. The fourth-order valence-corrected chi connectivity index (χ4v) is 3.75. The number of unbranched alkanes of at least 4 members (excludes halogenated alkanes) is 2. The number of alkyl halides is 1. The lowest BCUT2D eigenvalue weighted by atomic mass is 9.94. The molecule has 3 heteroatoms. The van der Waals surface area contributed by atoms with E-state index in [0.29, 0.717) is 5.92 Å². The van der Waals surface area contributed by atoms with Gasteiger partial charge in [0, 0.05) is 18.2 Å². The van der Waals surface area contributed by atoms with Crippen molar-refractivity contribution in [1.82, 2.24) is 0 Å². The fourth-order valence-electron chi connectivity index (χ4n) is 3.32. The van der Waals surface area contributed by atoms with Crippen molar-refractivity contribution in [1.29, 1.82) is 0 Å². The lowest BCUT2D eigenvalue weighted by molar-refractivity contribution is -0.147. The molecule has 0 aliphatic heterocycles. The van der Waals surface area contributed by atoms with E-state index in [-0.39, 0.29) is 17.5 Å². The maximum atomic E-state index is 11.3. The van der Waals surface area contributed by atoms with Crippen molar-refractivity contribution in [2.24, 2.45) is 0 Å². The summed E-state index contributed by atoms with van der Waals surface area (Å²) in [5, 5.41) is 0.264. The Labute approximate surface area is 139 Å². The third-order valence-corrected chi connectivity index (χ3v) is 5.07. The molecule has 22 heavy (non-hydrogen) atoms. The van der Waals surface area contributed by atoms with Crippen molar-refractivity contribution in [2.75, 3.05) is 0 Å². The summed E-state index contributed by atoms with van der Waals surface area (Å²) in [5.74, 6) is 0.269. The molecule has 3 unspecified atom stereocenters. The van der Waals surface area contributed by atoms with E-state index in [1.54, 1.807) is 0 Å². The molecule has 122 valence electrons. The highest BCUT2D eigenvalue weighted by Gasteiger charge is 2.26. The SMILES string of the molecule is CCCCCC(OC(C)=O)c1ccc(C2CCCC2Cl)cc1. The predicted molar refractivity (Wildman–Crippen MR) is 91.3 cm³/mol. The molecule has 0 N–H and O–H groups in total. The van der Waals surface area contributed by atoms with Crippen molar-refractivity contribution in [3.63, 3.8) is 0 Å². The second-order valence-corrected chi connectivity index (χ2v) is 6.87. The summed E-state index contributed by atoms with van der Waals surface area (Å²) in [7, 11) is 0. The standard InChI is InChI=1S/C19H27ClO2/c1-3-4-5-9-19(22-14(2)21)16-12-10-15(11-13-16)17-7-6-8-18(17)20/h10-13,17-19H,3-9H2,1-2H3. The second-order valence-electron chi connectivity index (χ2n) is 6.31. The van der Waals surface area contributed by atoms with E-state index in [0.717, 1.165) is 24.8 Å². The lowest BCUT2D eigenvalue weighted by Gasteiger charge is -2.19. The summed E-state index contributed by atoms with van der Waals surface area (Å²) >= 11 is 6.40. The van der Waals surface area contributed by atoms with Gasteiger partial charge in [-0.25, -0.2) is 0 Å². The molecule has 1 fully saturated rings. The number of carbonyl (C=O) groups is 1. The van der Waals surface area contributed by atoms with E-state index in [1.165, 1.54) is 38.2 Å². The van der Waals surface area contributed by atoms with Crippen LogP contribution in [0.3, 0.4) is 0 Å². The van der Waals surface area contributed by atoms with Crippen LogP contribution in [0.5, 0.6) is 0 Å².